The Kier molecular flexibility index (Phi) is 6.85. The van der Waals surface area contributed by atoms with Gasteiger partial charge in [-0.25, -0.2) is 18.2 Å². The summed E-state index contributed by atoms with van der Waals surface area (Å²) in [5.41, 5.74) is 1.82. The fourth-order valence-electron chi connectivity index (χ4n) is 3.18. The average Bonchev–Trinajstić information content (AvgIpc) is 3.32. The van der Waals surface area contributed by atoms with E-state index in [1.165, 1.54) is 39.9 Å². The number of carbonyl (C=O) groups is 1. The molecule has 2 aromatic carbocycles. The first-order valence-corrected chi connectivity index (χ1v) is 12.2. The van der Waals surface area contributed by atoms with Crippen LogP contribution in [0.15, 0.2) is 58.8 Å². The van der Waals surface area contributed by atoms with E-state index in [4.69, 9.17) is 14.2 Å². The molecule has 0 atom stereocenters. The Labute approximate surface area is 190 Å². The molecule has 0 radical (unpaired) electrons. The van der Waals surface area contributed by atoms with Gasteiger partial charge in [0, 0.05) is 24.0 Å². The van der Waals surface area contributed by atoms with Gasteiger partial charge >= 0.3 is 5.97 Å². The van der Waals surface area contributed by atoms with Crippen molar-refractivity contribution in [3.63, 3.8) is 0 Å². The lowest BCUT2D eigenvalue weighted by Gasteiger charge is -2.26. The highest BCUT2D eigenvalue weighted by Gasteiger charge is 2.26. The van der Waals surface area contributed by atoms with Gasteiger partial charge in [0.05, 0.1) is 36.5 Å². The van der Waals surface area contributed by atoms with Crippen molar-refractivity contribution in [2.24, 2.45) is 0 Å². The predicted molar refractivity (Wildman–Crippen MR) is 119 cm³/mol. The van der Waals surface area contributed by atoms with Gasteiger partial charge in [0.2, 0.25) is 10.0 Å². The summed E-state index contributed by atoms with van der Waals surface area (Å²) in [5, 5.41) is 2.63. The molecule has 1 aliphatic rings. The molecule has 0 saturated carbocycles. The number of sulfonamides is 1. The summed E-state index contributed by atoms with van der Waals surface area (Å²) in [4.78, 5) is 17.0. The smallest absolute Gasteiger partial charge is 0.338 e. The van der Waals surface area contributed by atoms with Crippen molar-refractivity contribution in [1.29, 1.82) is 0 Å². The maximum Gasteiger partial charge on any atom is 0.338 e. The largest absolute Gasteiger partial charge is 0.497 e. The number of thiazole rings is 1. The number of benzene rings is 2. The highest BCUT2D eigenvalue weighted by atomic mass is 32.2. The van der Waals surface area contributed by atoms with E-state index < -0.39 is 16.0 Å². The summed E-state index contributed by atoms with van der Waals surface area (Å²) in [6, 6.07) is 13.3. The summed E-state index contributed by atoms with van der Waals surface area (Å²) in [7, 11) is -2.00. The van der Waals surface area contributed by atoms with Gasteiger partial charge in [-0.15, -0.1) is 11.3 Å². The summed E-state index contributed by atoms with van der Waals surface area (Å²) in [5.74, 6) is 0.195. The fourth-order valence-corrected chi connectivity index (χ4v) is 5.39. The SMILES string of the molecule is COc1cccc(-c2nc(COC(=O)c3ccc(S(=O)(=O)N4CCOCC4)cc3)cs2)c1. The Hall–Kier alpha value is -2.79. The second-order valence-corrected chi connectivity index (χ2v) is 9.79. The molecular formula is C22H22N2O6S2. The molecule has 168 valence electrons. The third-order valence-corrected chi connectivity index (χ3v) is 7.77. The minimum atomic E-state index is -3.60. The Morgan fingerprint density at radius 1 is 1.16 bits per heavy atom. The number of ether oxygens (including phenoxy) is 3. The minimum absolute atomic E-state index is 0.0210. The van der Waals surface area contributed by atoms with Crippen LogP contribution in [-0.4, -0.2) is 57.1 Å². The van der Waals surface area contributed by atoms with E-state index in [1.807, 2.05) is 29.6 Å². The van der Waals surface area contributed by atoms with Gasteiger partial charge < -0.3 is 14.2 Å². The second-order valence-electron chi connectivity index (χ2n) is 6.99. The van der Waals surface area contributed by atoms with Crippen LogP contribution in [0.3, 0.4) is 0 Å². The molecule has 1 fully saturated rings. The molecule has 0 N–H and O–H groups in total. The molecular weight excluding hydrogens is 452 g/mol. The highest BCUT2D eigenvalue weighted by molar-refractivity contribution is 7.89. The van der Waals surface area contributed by atoms with E-state index in [0.717, 1.165) is 16.3 Å². The van der Waals surface area contributed by atoms with Crippen molar-refractivity contribution in [3.8, 4) is 16.3 Å². The third kappa shape index (κ3) is 4.99. The lowest BCUT2D eigenvalue weighted by atomic mass is 10.2. The first kappa shape index (κ1) is 22.4. The molecule has 0 aliphatic carbocycles. The first-order chi connectivity index (χ1) is 15.5. The number of methoxy groups -OCH3 is 1. The van der Waals surface area contributed by atoms with Crippen molar-refractivity contribution in [2.45, 2.75) is 11.5 Å². The summed E-state index contributed by atoms with van der Waals surface area (Å²) < 4.78 is 42.5. The monoisotopic (exact) mass is 474 g/mol. The van der Waals surface area contributed by atoms with E-state index in [9.17, 15) is 13.2 Å². The van der Waals surface area contributed by atoms with Crippen LogP contribution in [0.4, 0.5) is 0 Å². The minimum Gasteiger partial charge on any atom is -0.497 e. The number of hydrogen-bond acceptors (Lipinski definition) is 8. The van der Waals surface area contributed by atoms with Crippen LogP contribution in [0, 0.1) is 0 Å². The zero-order chi connectivity index (χ0) is 22.6. The number of hydrogen-bond donors (Lipinski definition) is 0. The van der Waals surface area contributed by atoms with Gasteiger partial charge in [0.1, 0.15) is 17.4 Å². The van der Waals surface area contributed by atoms with Crippen molar-refractivity contribution < 1.29 is 27.4 Å². The third-order valence-electron chi connectivity index (χ3n) is 4.92. The van der Waals surface area contributed by atoms with Crippen LogP contribution in [0.1, 0.15) is 16.1 Å². The van der Waals surface area contributed by atoms with E-state index in [2.05, 4.69) is 4.98 Å². The molecule has 8 nitrogen and oxygen atoms in total. The van der Waals surface area contributed by atoms with Crippen molar-refractivity contribution in [1.82, 2.24) is 9.29 Å². The summed E-state index contributed by atoms with van der Waals surface area (Å²) in [6.45, 7) is 1.40. The van der Waals surface area contributed by atoms with Gasteiger partial charge in [-0.1, -0.05) is 12.1 Å². The fraction of sp³-hybridized carbons (Fsp3) is 0.273. The Morgan fingerprint density at radius 3 is 2.62 bits per heavy atom. The molecule has 4 rings (SSSR count). The Bertz CT molecular complexity index is 1190. The standard InChI is InChI=1S/C22H22N2O6S2/c1-28-19-4-2-3-17(13-19)21-23-18(15-31-21)14-30-22(25)16-5-7-20(8-6-16)32(26,27)24-9-11-29-12-10-24/h2-8,13,15H,9-12,14H2,1H3. The van der Waals surface area contributed by atoms with Gasteiger partial charge in [-0.2, -0.15) is 4.31 Å². The number of morpholine rings is 1. The maximum atomic E-state index is 12.7. The number of rotatable bonds is 7. The van der Waals surface area contributed by atoms with Crippen molar-refractivity contribution in [3.05, 3.63) is 65.2 Å². The Morgan fingerprint density at radius 2 is 1.91 bits per heavy atom. The van der Waals surface area contributed by atoms with Crippen molar-refractivity contribution >= 4 is 27.3 Å². The van der Waals surface area contributed by atoms with E-state index in [0.29, 0.717) is 32.0 Å². The highest BCUT2D eigenvalue weighted by Crippen LogP contribution is 2.27. The molecule has 10 heteroatoms. The maximum absolute atomic E-state index is 12.7. The van der Waals surface area contributed by atoms with Crippen molar-refractivity contribution in [2.75, 3.05) is 33.4 Å². The van der Waals surface area contributed by atoms with E-state index >= 15 is 0 Å². The van der Waals surface area contributed by atoms with Gasteiger partial charge in [-0.3, -0.25) is 0 Å². The van der Waals surface area contributed by atoms with Gasteiger partial charge in [-0.05, 0) is 36.4 Å². The molecule has 0 unspecified atom stereocenters. The molecule has 0 amide bonds. The number of carbonyl (C=O) groups excluding carboxylic acids is 1. The topological polar surface area (TPSA) is 95.0 Å². The zero-order valence-electron chi connectivity index (χ0n) is 17.4. The quantitative estimate of drug-likeness (QED) is 0.485. The van der Waals surface area contributed by atoms with Crippen LogP contribution in [0.25, 0.3) is 10.6 Å². The molecule has 2 heterocycles. The van der Waals surface area contributed by atoms with E-state index in [-0.39, 0.29) is 17.1 Å². The predicted octanol–water partition coefficient (Wildman–Crippen LogP) is 3.20. The van der Waals surface area contributed by atoms with Crippen LogP contribution in [0.5, 0.6) is 5.75 Å². The molecule has 1 saturated heterocycles. The molecule has 3 aromatic rings. The summed E-state index contributed by atoms with van der Waals surface area (Å²) in [6.07, 6.45) is 0. The first-order valence-electron chi connectivity index (χ1n) is 9.91. The van der Waals surface area contributed by atoms with Crippen LogP contribution in [-0.2, 0) is 26.1 Å². The number of aromatic nitrogens is 1. The van der Waals surface area contributed by atoms with E-state index in [1.54, 1.807) is 7.11 Å². The number of esters is 1. The lowest BCUT2D eigenvalue weighted by Crippen LogP contribution is -2.40. The summed E-state index contributed by atoms with van der Waals surface area (Å²) >= 11 is 1.45. The van der Waals surface area contributed by atoms with Crippen LogP contribution in [0.2, 0.25) is 0 Å². The molecule has 0 spiro atoms. The van der Waals surface area contributed by atoms with Crippen LogP contribution < -0.4 is 4.74 Å². The van der Waals surface area contributed by atoms with Gasteiger partial charge in [0.25, 0.3) is 0 Å². The molecule has 1 aliphatic heterocycles. The normalized spacial score (nSPS) is 14.8. The van der Waals surface area contributed by atoms with Gasteiger partial charge in [0.15, 0.2) is 0 Å². The van der Waals surface area contributed by atoms with Crippen LogP contribution >= 0.6 is 11.3 Å². The lowest BCUT2D eigenvalue weighted by molar-refractivity contribution is 0.0468. The Balaban J connectivity index is 1.38. The number of nitrogens with zero attached hydrogens (tertiary/aromatic N) is 2. The molecule has 32 heavy (non-hydrogen) atoms. The zero-order valence-corrected chi connectivity index (χ0v) is 19.0. The average molecular weight is 475 g/mol. The second kappa shape index (κ2) is 9.78. The molecule has 1 aromatic heterocycles. The molecule has 0 bridgehead atoms.